The largest absolute Gasteiger partial charge is 0.508 e. The van der Waals surface area contributed by atoms with Crippen molar-refractivity contribution in [3.05, 3.63) is 70.4 Å². The van der Waals surface area contributed by atoms with Gasteiger partial charge in [-0.15, -0.1) is 5.10 Å². The third kappa shape index (κ3) is 5.10. The van der Waals surface area contributed by atoms with Crippen molar-refractivity contribution >= 4 is 35.4 Å². The van der Waals surface area contributed by atoms with Gasteiger partial charge < -0.3 is 20.5 Å². The van der Waals surface area contributed by atoms with Crippen LogP contribution in [0.1, 0.15) is 18.5 Å². The number of nitrogens with zero attached hydrogens (tertiary/aromatic N) is 4. The van der Waals surface area contributed by atoms with E-state index in [9.17, 15) is 14.7 Å². The zero-order valence-electron chi connectivity index (χ0n) is 17.4. The molecule has 0 saturated carbocycles. The number of hydrogen-bond donors (Lipinski definition) is 3. The van der Waals surface area contributed by atoms with Crippen molar-refractivity contribution < 1.29 is 19.4 Å². The smallest absolute Gasteiger partial charge is 0.338 e. The number of ether oxygens (including phenoxy) is 1. The molecule has 4 rings (SSSR count). The van der Waals surface area contributed by atoms with Crippen molar-refractivity contribution in [3.63, 3.8) is 0 Å². The Morgan fingerprint density at radius 3 is 2.64 bits per heavy atom. The number of amides is 2. The van der Waals surface area contributed by atoms with Crippen molar-refractivity contribution in [2.45, 2.75) is 18.1 Å². The molecule has 2 heterocycles. The first-order valence-corrected chi connectivity index (χ1v) is 11.3. The Morgan fingerprint density at radius 2 is 1.94 bits per heavy atom. The number of phenols is 1. The van der Waals surface area contributed by atoms with Gasteiger partial charge in [0, 0.05) is 16.5 Å². The monoisotopic (exact) mass is 486 g/mol. The van der Waals surface area contributed by atoms with Crippen molar-refractivity contribution in [1.29, 1.82) is 0 Å². The molecule has 170 valence electrons. The summed E-state index contributed by atoms with van der Waals surface area (Å²) in [5.74, 6) is -0.223. The van der Waals surface area contributed by atoms with Crippen LogP contribution in [0, 0.1) is 0 Å². The van der Waals surface area contributed by atoms with E-state index in [2.05, 4.69) is 26.2 Å². The van der Waals surface area contributed by atoms with Gasteiger partial charge in [0.1, 0.15) is 5.75 Å². The molecule has 1 aliphatic rings. The number of esters is 1. The quantitative estimate of drug-likeness (QED) is 0.343. The second-order valence-corrected chi connectivity index (χ2v) is 8.25. The highest BCUT2D eigenvalue weighted by Crippen LogP contribution is 2.31. The number of hydrogen-bond acceptors (Lipinski definition) is 8. The summed E-state index contributed by atoms with van der Waals surface area (Å²) in [5, 5.41) is 27.7. The van der Waals surface area contributed by atoms with Gasteiger partial charge in [0.2, 0.25) is 5.16 Å². The average molecular weight is 487 g/mol. The Labute approximate surface area is 198 Å². The summed E-state index contributed by atoms with van der Waals surface area (Å²) in [6, 6.07) is 12.1. The lowest BCUT2D eigenvalue weighted by Gasteiger charge is -2.29. The minimum absolute atomic E-state index is 0.121. The van der Waals surface area contributed by atoms with E-state index in [0.29, 0.717) is 27.1 Å². The predicted molar refractivity (Wildman–Crippen MR) is 121 cm³/mol. The molecule has 2 aromatic carbocycles. The Morgan fingerprint density at radius 1 is 1.21 bits per heavy atom. The SMILES string of the molecule is CCOC(=O)C1=C(CSc2nnnn2-c2ccc(O)cc2)NC(=O)NC1c1ccc(Cl)cc1. The number of aromatic hydroxyl groups is 1. The summed E-state index contributed by atoms with van der Waals surface area (Å²) < 4.78 is 6.77. The standard InChI is InChI=1S/C21H19ClN6O4S/c1-2-32-19(30)17-16(23-20(31)24-18(17)12-3-5-13(22)6-4-12)11-33-21-25-26-27-28(21)14-7-9-15(29)10-8-14/h3-10,18,29H,2,11H2,1H3,(H2,23,24,31). The Balaban J connectivity index is 1.66. The molecular formula is C21H19ClN6O4S. The van der Waals surface area contributed by atoms with E-state index >= 15 is 0 Å². The first-order chi connectivity index (χ1) is 16.0. The van der Waals surface area contributed by atoms with Crippen LogP contribution in [-0.2, 0) is 9.53 Å². The van der Waals surface area contributed by atoms with Crippen LogP contribution in [0.3, 0.4) is 0 Å². The van der Waals surface area contributed by atoms with E-state index in [1.807, 2.05) is 0 Å². The molecule has 0 radical (unpaired) electrons. The van der Waals surface area contributed by atoms with Crippen LogP contribution in [0.5, 0.6) is 5.75 Å². The summed E-state index contributed by atoms with van der Waals surface area (Å²) in [4.78, 5) is 25.3. The predicted octanol–water partition coefficient (Wildman–Crippen LogP) is 2.98. The molecule has 10 nitrogen and oxygen atoms in total. The van der Waals surface area contributed by atoms with Gasteiger partial charge in [-0.05, 0) is 59.3 Å². The van der Waals surface area contributed by atoms with Crippen LogP contribution in [-0.4, -0.2) is 49.7 Å². The molecule has 0 spiro atoms. The first-order valence-electron chi connectivity index (χ1n) is 9.90. The van der Waals surface area contributed by atoms with Crippen molar-refractivity contribution in [2.75, 3.05) is 12.4 Å². The van der Waals surface area contributed by atoms with E-state index in [0.717, 1.165) is 0 Å². The fourth-order valence-corrected chi connectivity index (χ4v) is 4.23. The van der Waals surface area contributed by atoms with Gasteiger partial charge in [0.05, 0.1) is 23.9 Å². The molecule has 0 aliphatic carbocycles. The normalized spacial score (nSPS) is 15.7. The number of nitrogens with one attached hydrogen (secondary N) is 2. The van der Waals surface area contributed by atoms with E-state index in [1.54, 1.807) is 43.3 Å². The van der Waals surface area contributed by atoms with Crippen molar-refractivity contribution in [3.8, 4) is 11.4 Å². The van der Waals surface area contributed by atoms with Crippen LogP contribution in [0.4, 0.5) is 4.79 Å². The van der Waals surface area contributed by atoms with Crippen LogP contribution >= 0.6 is 23.4 Å². The maximum absolute atomic E-state index is 12.9. The lowest BCUT2D eigenvalue weighted by Crippen LogP contribution is -2.46. The Kier molecular flexibility index (Phi) is 6.80. The first kappa shape index (κ1) is 22.6. The molecule has 1 atom stereocenters. The molecular weight excluding hydrogens is 468 g/mol. The van der Waals surface area contributed by atoms with Gasteiger partial charge in [-0.2, -0.15) is 4.68 Å². The lowest BCUT2D eigenvalue weighted by atomic mass is 9.95. The summed E-state index contributed by atoms with van der Waals surface area (Å²) in [6.07, 6.45) is 0. The van der Waals surface area contributed by atoms with Crippen molar-refractivity contribution in [2.24, 2.45) is 0 Å². The number of tetrazole rings is 1. The molecule has 1 aromatic heterocycles. The molecule has 0 saturated heterocycles. The van der Waals surface area contributed by atoms with Gasteiger partial charge >= 0.3 is 12.0 Å². The number of benzene rings is 2. The van der Waals surface area contributed by atoms with E-state index in [-0.39, 0.29) is 23.7 Å². The molecule has 12 heteroatoms. The van der Waals surface area contributed by atoms with Crippen molar-refractivity contribution in [1.82, 2.24) is 30.8 Å². The van der Waals surface area contributed by atoms with Gasteiger partial charge in [0.15, 0.2) is 0 Å². The van der Waals surface area contributed by atoms with Crippen LogP contribution < -0.4 is 10.6 Å². The number of thioether (sulfide) groups is 1. The number of phenolic OH excluding ortho intramolecular Hbond substituents is 1. The zero-order valence-corrected chi connectivity index (χ0v) is 18.9. The molecule has 3 N–H and O–H groups in total. The van der Waals surface area contributed by atoms with E-state index in [4.69, 9.17) is 16.3 Å². The number of carbonyl (C=O) groups is 2. The second-order valence-electron chi connectivity index (χ2n) is 6.87. The molecule has 1 unspecified atom stereocenters. The number of aromatic nitrogens is 4. The van der Waals surface area contributed by atoms with Gasteiger partial charge in [-0.1, -0.05) is 35.5 Å². The van der Waals surface area contributed by atoms with E-state index < -0.39 is 18.0 Å². The number of carbonyl (C=O) groups excluding carboxylic acids is 2. The molecule has 0 fully saturated rings. The van der Waals surface area contributed by atoms with E-state index in [1.165, 1.54) is 28.6 Å². The highest BCUT2D eigenvalue weighted by atomic mass is 35.5. The maximum atomic E-state index is 12.9. The summed E-state index contributed by atoms with van der Waals surface area (Å²) >= 11 is 7.23. The molecule has 0 bridgehead atoms. The summed E-state index contributed by atoms with van der Waals surface area (Å²) in [7, 11) is 0. The van der Waals surface area contributed by atoms with Crippen LogP contribution in [0.25, 0.3) is 5.69 Å². The minimum Gasteiger partial charge on any atom is -0.508 e. The molecule has 3 aromatic rings. The fourth-order valence-electron chi connectivity index (χ4n) is 3.25. The number of rotatable bonds is 7. The van der Waals surface area contributed by atoms with Crippen LogP contribution in [0.15, 0.2) is 65.0 Å². The topological polar surface area (TPSA) is 131 Å². The van der Waals surface area contributed by atoms with Crippen LogP contribution in [0.2, 0.25) is 5.02 Å². The summed E-state index contributed by atoms with van der Waals surface area (Å²) in [5.41, 5.74) is 2.01. The molecule has 33 heavy (non-hydrogen) atoms. The number of halogens is 1. The average Bonchev–Trinajstić information content (AvgIpc) is 3.27. The highest BCUT2D eigenvalue weighted by Gasteiger charge is 2.34. The Bertz CT molecular complexity index is 1200. The zero-order chi connectivity index (χ0) is 23.4. The van der Waals surface area contributed by atoms with Gasteiger partial charge in [-0.25, -0.2) is 9.59 Å². The molecule has 1 aliphatic heterocycles. The Hall–Kier alpha value is -3.57. The highest BCUT2D eigenvalue weighted by molar-refractivity contribution is 7.99. The molecule has 2 amide bonds. The third-order valence-electron chi connectivity index (χ3n) is 4.73. The lowest BCUT2D eigenvalue weighted by molar-refractivity contribution is -0.139. The minimum atomic E-state index is -0.709. The second kappa shape index (κ2) is 9.92. The third-order valence-corrected chi connectivity index (χ3v) is 5.93. The maximum Gasteiger partial charge on any atom is 0.338 e. The fraction of sp³-hybridized carbons (Fsp3) is 0.190. The summed E-state index contributed by atoms with van der Waals surface area (Å²) in [6.45, 7) is 1.90. The van der Waals surface area contributed by atoms with Gasteiger partial charge in [0.25, 0.3) is 0 Å². The number of urea groups is 1. The van der Waals surface area contributed by atoms with Gasteiger partial charge in [-0.3, -0.25) is 0 Å².